The van der Waals surface area contributed by atoms with Crippen LogP contribution in [0.15, 0.2) is 48.5 Å². The summed E-state index contributed by atoms with van der Waals surface area (Å²) in [6.45, 7) is 3.67. The van der Waals surface area contributed by atoms with Crippen LogP contribution in [0.25, 0.3) is 10.2 Å². The number of phenolic OH excluding ortho intramolecular Hbond substituents is 1. The molecule has 0 saturated carbocycles. The number of anilines is 1. The SMILES string of the molecule is Cc1ccc(COCc2cc(C(F)(F)F)cc3sc(NC(=O)c4cc(Cl)cc(C)c4O)nc23)cc1. The number of thiazole rings is 1. The van der Waals surface area contributed by atoms with Crippen LogP contribution < -0.4 is 5.32 Å². The van der Waals surface area contributed by atoms with Crippen LogP contribution in [0.4, 0.5) is 18.3 Å². The Morgan fingerprint density at radius 2 is 1.83 bits per heavy atom. The number of rotatable bonds is 6. The molecule has 10 heteroatoms. The highest BCUT2D eigenvalue weighted by Crippen LogP contribution is 2.37. The summed E-state index contributed by atoms with van der Waals surface area (Å²) in [5, 5.41) is 13.1. The summed E-state index contributed by atoms with van der Waals surface area (Å²) in [6.07, 6.45) is -4.56. The molecule has 0 fully saturated rings. The first-order valence-corrected chi connectivity index (χ1v) is 11.6. The van der Waals surface area contributed by atoms with Crippen LogP contribution in [0.1, 0.15) is 38.2 Å². The summed E-state index contributed by atoms with van der Waals surface area (Å²) in [7, 11) is 0. The Labute approximate surface area is 208 Å². The van der Waals surface area contributed by atoms with E-state index >= 15 is 0 Å². The second-order valence-corrected chi connectivity index (χ2v) is 9.52. The molecule has 0 aliphatic carbocycles. The van der Waals surface area contributed by atoms with Crippen LogP contribution in [0.2, 0.25) is 5.02 Å². The van der Waals surface area contributed by atoms with E-state index in [1.807, 2.05) is 31.2 Å². The van der Waals surface area contributed by atoms with E-state index in [1.165, 1.54) is 12.1 Å². The van der Waals surface area contributed by atoms with E-state index in [4.69, 9.17) is 16.3 Å². The number of carbonyl (C=O) groups excluding carboxylic acids is 1. The molecule has 0 bridgehead atoms. The number of aromatic nitrogens is 1. The maximum absolute atomic E-state index is 13.5. The molecule has 5 nitrogen and oxygen atoms in total. The maximum Gasteiger partial charge on any atom is 0.416 e. The molecule has 0 unspecified atom stereocenters. The van der Waals surface area contributed by atoms with Crippen LogP contribution >= 0.6 is 22.9 Å². The lowest BCUT2D eigenvalue weighted by molar-refractivity contribution is -0.137. The number of hydrogen-bond donors (Lipinski definition) is 2. The Hall–Kier alpha value is -3.14. The van der Waals surface area contributed by atoms with Gasteiger partial charge >= 0.3 is 6.18 Å². The third-order valence-electron chi connectivity index (χ3n) is 5.28. The topological polar surface area (TPSA) is 71.5 Å². The van der Waals surface area contributed by atoms with Crippen molar-refractivity contribution >= 4 is 44.2 Å². The lowest BCUT2D eigenvalue weighted by Gasteiger charge is -2.10. The van der Waals surface area contributed by atoms with E-state index in [2.05, 4.69) is 10.3 Å². The second-order valence-electron chi connectivity index (χ2n) is 8.05. The third-order valence-corrected chi connectivity index (χ3v) is 6.41. The fraction of sp³-hybridized carbons (Fsp3) is 0.200. The predicted molar refractivity (Wildman–Crippen MR) is 130 cm³/mol. The number of alkyl halides is 3. The van der Waals surface area contributed by atoms with Crippen molar-refractivity contribution in [1.29, 1.82) is 0 Å². The van der Waals surface area contributed by atoms with E-state index < -0.39 is 17.6 Å². The van der Waals surface area contributed by atoms with Crippen molar-refractivity contribution in [1.82, 2.24) is 4.98 Å². The molecule has 1 amide bonds. The Kier molecular flexibility index (Phi) is 7.02. The van der Waals surface area contributed by atoms with Gasteiger partial charge in [0, 0.05) is 10.6 Å². The molecular weight excluding hydrogens is 501 g/mol. The number of amides is 1. The quantitative estimate of drug-likeness (QED) is 0.281. The van der Waals surface area contributed by atoms with Crippen LogP contribution in [0, 0.1) is 13.8 Å². The van der Waals surface area contributed by atoms with Gasteiger partial charge in [0.25, 0.3) is 5.91 Å². The van der Waals surface area contributed by atoms with Gasteiger partial charge in [-0.3, -0.25) is 10.1 Å². The first-order valence-electron chi connectivity index (χ1n) is 10.5. The summed E-state index contributed by atoms with van der Waals surface area (Å²) in [6, 6.07) is 12.4. The number of nitrogens with zero attached hydrogens (tertiary/aromatic N) is 1. The highest BCUT2D eigenvalue weighted by molar-refractivity contribution is 7.22. The number of benzene rings is 3. The number of hydrogen-bond acceptors (Lipinski definition) is 5. The van der Waals surface area contributed by atoms with Gasteiger partial charge in [-0.1, -0.05) is 52.8 Å². The van der Waals surface area contributed by atoms with Crippen molar-refractivity contribution in [2.45, 2.75) is 33.2 Å². The second kappa shape index (κ2) is 9.85. The number of phenols is 1. The average molecular weight is 521 g/mol. The molecule has 2 N–H and O–H groups in total. The number of aromatic hydroxyl groups is 1. The normalized spacial score (nSPS) is 11.7. The van der Waals surface area contributed by atoms with E-state index in [9.17, 15) is 23.1 Å². The molecule has 0 aliphatic heterocycles. The summed E-state index contributed by atoms with van der Waals surface area (Å²) < 4.78 is 46.5. The number of ether oxygens (including phenoxy) is 1. The first kappa shape index (κ1) is 25.0. The summed E-state index contributed by atoms with van der Waals surface area (Å²) >= 11 is 6.89. The molecule has 0 spiro atoms. The van der Waals surface area contributed by atoms with Crippen molar-refractivity contribution in [2.75, 3.05) is 5.32 Å². The Morgan fingerprint density at radius 1 is 1.11 bits per heavy atom. The standard InChI is InChI=1S/C25H20ClF3N2O3S/c1-13-3-5-15(6-4-13)11-34-12-16-8-17(25(27,28)29)9-20-21(16)30-24(35-20)31-23(33)19-10-18(26)7-14(2)22(19)32/h3-10,32H,11-12H2,1-2H3,(H,30,31,33). The van der Waals surface area contributed by atoms with Crippen LogP contribution in [0.5, 0.6) is 5.75 Å². The minimum absolute atomic E-state index is 0.0631. The lowest BCUT2D eigenvalue weighted by atomic mass is 10.1. The third kappa shape index (κ3) is 5.75. The zero-order chi connectivity index (χ0) is 25.3. The van der Waals surface area contributed by atoms with Gasteiger partial charge in [-0.25, -0.2) is 4.98 Å². The van der Waals surface area contributed by atoms with Gasteiger partial charge in [0.1, 0.15) is 5.75 Å². The highest BCUT2D eigenvalue weighted by atomic mass is 35.5. The molecule has 0 aliphatic rings. The van der Waals surface area contributed by atoms with Gasteiger partial charge in [-0.05, 0) is 49.2 Å². The van der Waals surface area contributed by atoms with Gasteiger partial charge in [0.15, 0.2) is 5.13 Å². The highest BCUT2D eigenvalue weighted by Gasteiger charge is 2.32. The number of aryl methyl sites for hydroxylation is 2. The Balaban J connectivity index is 1.62. The van der Waals surface area contributed by atoms with Gasteiger partial charge in [0.2, 0.25) is 0 Å². The molecule has 0 radical (unpaired) electrons. The smallest absolute Gasteiger partial charge is 0.416 e. The van der Waals surface area contributed by atoms with E-state index in [1.54, 1.807) is 6.92 Å². The Morgan fingerprint density at radius 3 is 2.51 bits per heavy atom. The monoisotopic (exact) mass is 520 g/mol. The van der Waals surface area contributed by atoms with Crippen molar-refractivity contribution in [2.24, 2.45) is 0 Å². The molecular formula is C25H20ClF3N2O3S. The summed E-state index contributed by atoms with van der Waals surface area (Å²) in [4.78, 5) is 17.1. The zero-order valence-electron chi connectivity index (χ0n) is 18.7. The van der Waals surface area contributed by atoms with Gasteiger partial charge < -0.3 is 9.84 Å². The van der Waals surface area contributed by atoms with Crippen LogP contribution in [0.3, 0.4) is 0 Å². The molecule has 3 aromatic carbocycles. The van der Waals surface area contributed by atoms with Crippen LogP contribution in [-0.4, -0.2) is 16.0 Å². The molecule has 0 saturated heterocycles. The van der Waals surface area contributed by atoms with E-state index in [0.717, 1.165) is 34.6 Å². The largest absolute Gasteiger partial charge is 0.507 e. The molecule has 35 heavy (non-hydrogen) atoms. The predicted octanol–water partition coefficient (Wildman–Crippen LogP) is 7.26. The van der Waals surface area contributed by atoms with Gasteiger partial charge in [-0.15, -0.1) is 0 Å². The summed E-state index contributed by atoms with van der Waals surface area (Å²) in [5.41, 5.74) is 2.05. The van der Waals surface area contributed by atoms with Crippen molar-refractivity contribution in [3.8, 4) is 5.75 Å². The van der Waals surface area contributed by atoms with Crippen molar-refractivity contribution in [3.63, 3.8) is 0 Å². The molecule has 182 valence electrons. The minimum atomic E-state index is -4.56. The number of fused-ring (bicyclic) bond motifs is 1. The van der Waals surface area contributed by atoms with Crippen LogP contribution in [-0.2, 0) is 24.1 Å². The van der Waals surface area contributed by atoms with E-state index in [0.29, 0.717) is 11.1 Å². The summed E-state index contributed by atoms with van der Waals surface area (Å²) in [5.74, 6) is -0.919. The fourth-order valence-corrected chi connectivity index (χ4v) is 4.68. The average Bonchev–Trinajstić information content (AvgIpc) is 3.19. The van der Waals surface area contributed by atoms with Crippen molar-refractivity contribution in [3.05, 3.63) is 86.9 Å². The Bertz CT molecular complexity index is 1400. The molecule has 1 heterocycles. The van der Waals surface area contributed by atoms with Crippen molar-refractivity contribution < 1.29 is 27.8 Å². The maximum atomic E-state index is 13.5. The van der Waals surface area contributed by atoms with E-state index in [-0.39, 0.29) is 44.9 Å². The fourth-order valence-electron chi connectivity index (χ4n) is 3.46. The lowest BCUT2D eigenvalue weighted by Crippen LogP contribution is -2.12. The molecule has 4 rings (SSSR count). The first-order chi connectivity index (χ1) is 16.5. The molecule has 1 aromatic heterocycles. The minimum Gasteiger partial charge on any atom is -0.507 e. The number of carbonyl (C=O) groups is 1. The van der Waals surface area contributed by atoms with Gasteiger partial charge in [-0.2, -0.15) is 13.2 Å². The number of halogens is 4. The molecule has 0 atom stereocenters. The molecule has 4 aromatic rings. The number of nitrogens with one attached hydrogen (secondary N) is 1. The van der Waals surface area contributed by atoms with Gasteiger partial charge in [0.05, 0.1) is 34.6 Å². The zero-order valence-corrected chi connectivity index (χ0v) is 20.2.